The van der Waals surface area contributed by atoms with Crippen LogP contribution in [0.3, 0.4) is 0 Å². The van der Waals surface area contributed by atoms with E-state index < -0.39 is 0 Å². The lowest BCUT2D eigenvalue weighted by molar-refractivity contribution is 0.238. The molecule has 1 aliphatic rings. The predicted octanol–water partition coefficient (Wildman–Crippen LogP) is 4.54. The van der Waals surface area contributed by atoms with Crippen LogP contribution in [0.15, 0.2) is 48.5 Å². The van der Waals surface area contributed by atoms with Crippen LogP contribution in [-0.4, -0.2) is 12.1 Å². The van der Waals surface area contributed by atoms with Gasteiger partial charge in [-0.1, -0.05) is 37.1 Å². The van der Waals surface area contributed by atoms with Crippen molar-refractivity contribution in [2.24, 2.45) is 5.92 Å². The highest BCUT2D eigenvalue weighted by molar-refractivity contribution is 5.89. The Morgan fingerprint density at radius 2 is 1.86 bits per heavy atom. The van der Waals surface area contributed by atoms with E-state index in [0.29, 0.717) is 18.7 Å². The molecule has 6 heteroatoms. The second-order valence-electron chi connectivity index (χ2n) is 7.19. The number of nitriles is 2. The zero-order valence-corrected chi connectivity index (χ0v) is 16.2. The highest BCUT2D eigenvalue weighted by atomic mass is 16.5. The summed E-state index contributed by atoms with van der Waals surface area (Å²) >= 11 is 0. The first-order valence-corrected chi connectivity index (χ1v) is 9.82. The molecule has 2 aromatic carbocycles. The van der Waals surface area contributed by atoms with E-state index in [1.165, 1.54) is 0 Å². The molecule has 1 saturated carbocycles. The number of urea groups is 1. The quantitative estimate of drug-likeness (QED) is 0.759. The number of carbonyl (C=O) groups is 1. The van der Waals surface area contributed by atoms with Crippen LogP contribution >= 0.6 is 0 Å². The van der Waals surface area contributed by atoms with Crippen molar-refractivity contribution in [3.8, 4) is 17.9 Å². The highest BCUT2D eigenvalue weighted by Gasteiger charge is 2.26. The molecule has 2 atom stereocenters. The third kappa shape index (κ3) is 5.99. The first kappa shape index (κ1) is 20.2. The molecule has 6 nitrogen and oxygen atoms in total. The van der Waals surface area contributed by atoms with Crippen molar-refractivity contribution in [2.75, 3.05) is 5.32 Å². The minimum Gasteiger partial charge on any atom is -0.489 e. The van der Waals surface area contributed by atoms with Crippen molar-refractivity contribution < 1.29 is 9.53 Å². The molecule has 29 heavy (non-hydrogen) atoms. The molecular formula is C23H24N4O2. The molecular weight excluding hydrogens is 364 g/mol. The van der Waals surface area contributed by atoms with Crippen LogP contribution < -0.4 is 15.4 Å². The fourth-order valence-corrected chi connectivity index (χ4v) is 3.49. The molecule has 0 aromatic heterocycles. The molecule has 0 radical (unpaired) electrons. The van der Waals surface area contributed by atoms with Crippen LogP contribution in [0.5, 0.6) is 5.75 Å². The molecule has 0 bridgehead atoms. The molecule has 0 aliphatic heterocycles. The summed E-state index contributed by atoms with van der Waals surface area (Å²) in [5.74, 6) is 0.608. The maximum absolute atomic E-state index is 12.3. The Morgan fingerprint density at radius 1 is 1.07 bits per heavy atom. The lowest BCUT2D eigenvalue weighted by atomic mass is 9.85. The summed E-state index contributed by atoms with van der Waals surface area (Å²) in [6.45, 7) is 0.369. The molecule has 3 rings (SSSR count). The summed E-state index contributed by atoms with van der Waals surface area (Å²) in [7, 11) is 0. The van der Waals surface area contributed by atoms with Gasteiger partial charge in [0.15, 0.2) is 0 Å². The SMILES string of the molecule is N#CCc1ccc(OCc2cccc(NC(=O)NC3CCCCC3C#N)c2)cc1. The van der Waals surface area contributed by atoms with Gasteiger partial charge in [-0.3, -0.25) is 0 Å². The van der Waals surface area contributed by atoms with Gasteiger partial charge >= 0.3 is 6.03 Å². The third-order valence-corrected chi connectivity index (χ3v) is 5.05. The van der Waals surface area contributed by atoms with E-state index in [1.807, 2.05) is 48.5 Å². The lowest BCUT2D eigenvalue weighted by Crippen LogP contribution is -2.43. The minimum absolute atomic E-state index is 0.0933. The zero-order chi connectivity index (χ0) is 20.5. The normalized spacial score (nSPS) is 18.1. The van der Waals surface area contributed by atoms with Gasteiger partial charge in [0, 0.05) is 11.7 Å². The molecule has 0 saturated heterocycles. The molecule has 2 aromatic rings. The van der Waals surface area contributed by atoms with Gasteiger partial charge in [-0.05, 0) is 48.2 Å². The molecule has 1 aliphatic carbocycles. The number of nitrogens with one attached hydrogen (secondary N) is 2. The Kier molecular flexibility index (Phi) is 7.08. The number of nitrogens with zero attached hydrogens (tertiary/aromatic N) is 2. The molecule has 0 spiro atoms. The summed E-state index contributed by atoms with van der Waals surface area (Å²) in [6, 6.07) is 19.0. The van der Waals surface area contributed by atoms with Gasteiger partial charge in [0.25, 0.3) is 0 Å². The summed E-state index contributed by atoms with van der Waals surface area (Å²) in [4.78, 5) is 12.3. The van der Waals surface area contributed by atoms with Crippen LogP contribution in [0.4, 0.5) is 10.5 Å². The third-order valence-electron chi connectivity index (χ3n) is 5.05. The van der Waals surface area contributed by atoms with Crippen LogP contribution in [0, 0.1) is 28.6 Å². The lowest BCUT2D eigenvalue weighted by Gasteiger charge is -2.27. The van der Waals surface area contributed by atoms with E-state index in [9.17, 15) is 10.1 Å². The number of hydrogen-bond acceptors (Lipinski definition) is 4. The second kappa shape index (κ2) is 10.1. The van der Waals surface area contributed by atoms with Crippen LogP contribution in [0.1, 0.15) is 36.8 Å². The zero-order valence-electron chi connectivity index (χ0n) is 16.2. The highest BCUT2D eigenvalue weighted by Crippen LogP contribution is 2.24. The van der Waals surface area contributed by atoms with Gasteiger partial charge < -0.3 is 15.4 Å². The van der Waals surface area contributed by atoms with Crippen LogP contribution in [0.2, 0.25) is 0 Å². The minimum atomic E-state index is -0.289. The van der Waals surface area contributed by atoms with E-state index in [2.05, 4.69) is 22.8 Å². The predicted molar refractivity (Wildman–Crippen MR) is 110 cm³/mol. The van der Waals surface area contributed by atoms with Gasteiger partial charge in [-0.25, -0.2) is 4.79 Å². The Bertz CT molecular complexity index is 912. The standard InChI is InChI=1S/C23H24N4O2/c24-13-12-17-8-10-21(11-9-17)29-16-18-4-3-6-20(14-18)26-23(28)27-22-7-2-1-5-19(22)15-25/h3-4,6,8-11,14,19,22H,1-2,5,7,12,16H2,(H2,26,27,28). The molecule has 2 amide bonds. The maximum Gasteiger partial charge on any atom is 0.319 e. The number of benzene rings is 2. The largest absolute Gasteiger partial charge is 0.489 e. The van der Waals surface area contributed by atoms with Gasteiger partial charge in [-0.2, -0.15) is 10.5 Å². The molecule has 0 heterocycles. The average Bonchev–Trinajstić information content (AvgIpc) is 2.74. The Hall–Kier alpha value is -3.51. The number of carbonyl (C=O) groups excluding carboxylic acids is 1. The van der Waals surface area contributed by atoms with Crippen molar-refractivity contribution in [1.82, 2.24) is 5.32 Å². The summed E-state index contributed by atoms with van der Waals surface area (Å²) in [5, 5.41) is 23.7. The number of amides is 2. The first-order chi connectivity index (χ1) is 14.2. The summed E-state index contributed by atoms with van der Waals surface area (Å²) in [6.07, 6.45) is 4.14. The first-order valence-electron chi connectivity index (χ1n) is 9.82. The van der Waals surface area contributed by atoms with Gasteiger partial charge in [-0.15, -0.1) is 0 Å². The number of anilines is 1. The summed E-state index contributed by atoms with van der Waals surface area (Å²) in [5.41, 5.74) is 2.56. The monoisotopic (exact) mass is 388 g/mol. The van der Waals surface area contributed by atoms with Gasteiger partial charge in [0.05, 0.1) is 24.5 Å². The van der Waals surface area contributed by atoms with Gasteiger partial charge in [0.1, 0.15) is 12.4 Å². The number of rotatable bonds is 6. The van der Waals surface area contributed by atoms with Crippen molar-refractivity contribution in [3.63, 3.8) is 0 Å². The topological polar surface area (TPSA) is 97.9 Å². The van der Waals surface area contributed by atoms with E-state index in [1.54, 1.807) is 0 Å². The second-order valence-corrected chi connectivity index (χ2v) is 7.19. The fraction of sp³-hybridized carbons (Fsp3) is 0.348. The molecule has 148 valence electrons. The van der Waals surface area contributed by atoms with Crippen molar-refractivity contribution in [3.05, 3.63) is 59.7 Å². The Balaban J connectivity index is 1.53. The molecule has 2 unspecified atom stereocenters. The summed E-state index contributed by atoms with van der Waals surface area (Å²) < 4.78 is 5.79. The van der Waals surface area contributed by atoms with Crippen LogP contribution in [0.25, 0.3) is 0 Å². The number of ether oxygens (including phenoxy) is 1. The molecule has 1 fully saturated rings. The average molecular weight is 388 g/mol. The van der Waals surface area contributed by atoms with Crippen molar-refractivity contribution >= 4 is 11.7 Å². The Labute approximate surface area is 171 Å². The fourth-order valence-electron chi connectivity index (χ4n) is 3.49. The number of hydrogen-bond donors (Lipinski definition) is 2. The van der Waals surface area contributed by atoms with Crippen LogP contribution in [-0.2, 0) is 13.0 Å². The maximum atomic E-state index is 12.3. The molecule has 2 N–H and O–H groups in total. The van der Waals surface area contributed by atoms with E-state index in [0.717, 1.165) is 42.6 Å². The van der Waals surface area contributed by atoms with Crippen molar-refractivity contribution in [1.29, 1.82) is 10.5 Å². The van der Waals surface area contributed by atoms with E-state index >= 15 is 0 Å². The Morgan fingerprint density at radius 3 is 2.62 bits per heavy atom. The van der Waals surface area contributed by atoms with E-state index in [-0.39, 0.29) is 18.0 Å². The van der Waals surface area contributed by atoms with Crippen molar-refractivity contribution in [2.45, 2.75) is 44.8 Å². The van der Waals surface area contributed by atoms with Gasteiger partial charge in [0.2, 0.25) is 0 Å². The smallest absolute Gasteiger partial charge is 0.319 e. The van der Waals surface area contributed by atoms with E-state index in [4.69, 9.17) is 10.00 Å².